The summed E-state index contributed by atoms with van der Waals surface area (Å²) in [5.41, 5.74) is 0. The van der Waals surface area contributed by atoms with Crippen molar-refractivity contribution in [2.24, 2.45) is 0 Å². The van der Waals surface area contributed by atoms with Crippen molar-refractivity contribution in [1.29, 1.82) is 0 Å². The van der Waals surface area contributed by atoms with E-state index < -0.39 is 0 Å². The van der Waals surface area contributed by atoms with Gasteiger partial charge in [0.05, 0.1) is 20.3 Å². The molecule has 0 aliphatic carbocycles. The molecule has 0 spiro atoms. The average Bonchev–Trinajstić information content (AvgIpc) is 2.66. The smallest absolute Gasteiger partial charge is 0.161 e. The molecule has 0 heterocycles. The Kier molecular flexibility index (Phi) is 11.3. The maximum absolute atomic E-state index is 6.19. The van der Waals surface area contributed by atoms with Crippen molar-refractivity contribution in [3.63, 3.8) is 0 Å². The summed E-state index contributed by atoms with van der Waals surface area (Å²) in [7, 11) is 1.66. The molecule has 1 rings (SSSR count). The Balaban J connectivity index is 2.42. The van der Waals surface area contributed by atoms with Crippen molar-refractivity contribution in [3.8, 4) is 11.5 Å². The van der Waals surface area contributed by atoms with E-state index in [0.717, 1.165) is 50.6 Å². The Hall–Kier alpha value is -1.30. The second-order valence-corrected chi connectivity index (χ2v) is 5.89. The quantitative estimate of drug-likeness (QED) is 0.378. The molecular formula is C20H36N2O3. The van der Waals surface area contributed by atoms with Gasteiger partial charge in [0.2, 0.25) is 0 Å². The maximum Gasteiger partial charge on any atom is 0.161 e. The van der Waals surface area contributed by atoms with Gasteiger partial charge in [0.25, 0.3) is 0 Å². The molecule has 5 heteroatoms. The number of rotatable bonds is 14. The van der Waals surface area contributed by atoms with E-state index >= 15 is 0 Å². The molecule has 144 valence electrons. The predicted octanol–water partition coefficient (Wildman–Crippen LogP) is 3.49. The highest BCUT2D eigenvalue weighted by molar-refractivity contribution is 5.39. The van der Waals surface area contributed by atoms with Gasteiger partial charge in [-0.1, -0.05) is 39.8 Å². The fraction of sp³-hybridized carbons (Fsp3) is 0.700. The van der Waals surface area contributed by atoms with Gasteiger partial charge in [-0.2, -0.15) is 0 Å². The molecule has 0 aliphatic rings. The molecule has 0 aliphatic heterocycles. The topological polar surface area (TPSA) is 34.2 Å². The van der Waals surface area contributed by atoms with E-state index in [9.17, 15) is 0 Å². The van der Waals surface area contributed by atoms with Crippen LogP contribution in [0.4, 0.5) is 0 Å². The third-order valence-corrected chi connectivity index (χ3v) is 4.45. The number of likely N-dealkylation sites (N-methyl/N-ethyl adjacent to an activating group) is 2. The molecule has 0 aromatic heterocycles. The zero-order valence-corrected chi connectivity index (χ0v) is 16.7. The van der Waals surface area contributed by atoms with Gasteiger partial charge in [0, 0.05) is 13.0 Å². The predicted molar refractivity (Wildman–Crippen MR) is 104 cm³/mol. The molecule has 25 heavy (non-hydrogen) atoms. The average molecular weight is 353 g/mol. The number of hydrogen-bond acceptors (Lipinski definition) is 5. The molecule has 1 atom stereocenters. The van der Waals surface area contributed by atoms with Crippen LogP contribution in [0.5, 0.6) is 11.5 Å². The molecule has 0 saturated heterocycles. The SMILES string of the molecule is CCN(CC)CC(OCCCOc1ccccc1OC)N(CC)CC. The van der Waals surface area contributed by atoms with E-state index in [4.69, 9.17) is 14.2 Å². The first kappa shape index (κ1) is 21.7. The zero-order valence-electron chi connectivity index (χ0n) is 16.7. The van der Waals surface area contributed by atoms with E-state index in [1.165, 1.54) is 0 Å². The van der Waals surface area contributed by atoms with Gasteiger partial charge < -0.3 is 14.2 Å². The van der Waals surface area contributed by atoms with Crippen molar-refractivity contribution in [1.82, 2.24) is 9.80 Å². The van der Waals surface area contributed by atoms with Crippen molar-refractivity contribution in [2.75, 3.05) is 53.0 Å². The summed E-state index contributed by atoms with van der Waals surface area (Å²) >= 11 is 0. The Morgan fingerprint density at radius 3 is 2.08 bits per heavy atom. The van der Waals surface area contributed by atoms with Crippen LogP contribution >= 0.6 is 0 Å². The Labute approximate surface area is 153 Å². The molecule has 0 amide bonds. The Bertz CT molecular complexity index is 448. The second-order valence-electron chi connectivity index (χ2n) is 5.89. The molecule has 0 fully saturated rings. The highest BCUT2D eigenvalue weighted by Gasteiger charge is 2.18. The van der Waals surface area contributed by atoms with Gasteiger partial charge in [-0.3, -0.25) is 9.80 Å². The number of hydrogen-bond donors (Lipinski definition) is 0. The molecule has 0 radical (unpaired) electrons. The summed E-state index contributed by atoms with van der Waals surface area (Å²) in [6, 6.07) is 7.73. The van der Waals surface area contributed by atoms with Gasteiger partial charge in [0.1, 0.15) is 6.23 Å². The van der Waals surface area contributed by atoms with Gasteiger partial charge in [-0.15, -0.1) is 0 Å². The van der Waals surface area contributed by atoms with Crippen LogP contribution < -0.4 is 9.47 Å². The first-order chi connectivity index (χ1) is 12.2. The molecule has 1 aromatic carbocycles. The fourth-order valence-electron chi connectivity index (χ4n) is 2.81. The van der Waals surface area contributed by atoms with E-state index in [1.807, 2.05) is 24.3 Å². The first-order valence-corrected chi connectivity index (χ1v) is 9.53. The van der Waals surface area contributed by atoms with Crippen LogP contribution in [0, 0.1) is 0 Å². The highest BCUT2D eigenvalue weighted by atomic mass is 16.5. The van der Waals surface area contributed by atoms with Crippen molar-refractivity contribution in [2.45, 2.75) is 40.3 Å². The van der Waals surface area contributed by atoms with Crippen molar-refractivity contribution < 1.29 is 14.2 Å². The molecule has 0 N–H and O–H groups in total. The maximum atomic E-state index is 6.19. The Morgan fingerprint density at radius 1 is 0.880 bits per heavy atom. The molecule has 1 unspecified atom stereocenters. The number of methoxy groups -OCH3 is 1. The first-order valence-electron chi connectivity index (χ1n) is 9.53. The van der Waals surface area contributed by atoms with Gasteiger partial charge in [-0.05, 0) is 38.3 Å². The number of ether oxygens (including phenoxy) is 3. The molecular weight excluding hydrogens is 316 g/mol. The van der Waals surface area contributed by atoms with Crippen LogP contribution in [0.15, 0.2) is 24.3 Å². The minimum Gasteiger partial charge on any atom is -0.493 e. The summed E-state index contributed by atoms with van der Waals surface area (Å²) in [4.78, 5) is 4.79. The molecule has 5 nitrogen and oxygen atoms in total. The van der Waals surface area contributed by atoms with Crippen LogP contribution in [0.1, 0.15) is 34.1 Å². The second kappa shape index (κ2) is 13.0. The van der Waals surface area contributed by atoms with Crippen LogP contribution in [-0.4, -0.2) is 69.1 Å². The number of nitrogens with zero attached hydrogens (tertiary/aromatic N) is 2. The van der Waals surface area contributed by atoms with E-state index in [0.29, 0.717) is 13.2 Å². The normalized spacial score (nSPS) is 12.6. The van der Waals surface area contributed by atoms with Crippen LogP contribution in [0.25, 0.3) is 0 Å². The van der Waals surface area contributed by atoms with E-state index in [2.05, 4.69) is 37.5 Å². The van der Waals surface area contributed by atoms with Gasteiger partial charge in [0.15, 0.2) is 11.5 Å². The minimum atomic E-state index is 0.140. The third kappa shape index (κ3) is 7.63. The number of benzene rings is 1. The zero-order chi connectivity index (χ0) is 18.5. The summed E-state index contributed by atoms with van der Waals surface area (Å²) in [5.74, 6) is 1.56. The van der Waals surface area contributed by atoms with Gasteiger partial charge >= 0.3 is 0 Å². The monoisotopic (exact) mass is 352 g/mol. The molecule has 1 aromatic rings. The van der Waals surface area contributed by atoms with Crippen LogP contribution in [0.2, 0.25) is 0 Å². The minimum absolute atomic E-state index is 0.140. The largest absolute Gasteiger partial charge is 0.493 e. The van der Waals surface area contributed by atoms with Crippen LogP contribution in [0.3, 0.4) is 0 Å². The standard InChI is InChI=1S/C20H36N2O3/c1-6-21(7-2)17-20(22(8-3)9-4)25-16-12-15-24-19-14-11-10-13-18(19)23-5/h10-11,13-14,20H,6-9,12,15-17H2,1-5H3. The lowest BCUT2D eigenvalue weighted by Crippen LogP contribution is -2.45. The van der Waals surface area contributed by atoms with Crippen molar-refractivity contribution in [3.05, 3.63) is 24.3 Å². The summed E-state index contributed by atoms with van der Waals surface area (Å²) in [5, 5.41) is 0. The summed E-state index contributed by atoms with van der Waals surface area (Å²) in [6.45, 7) is 15.1. The summed E-state index contributed by atoms with van der Waals surface area (Å²) < 4.78 is 17.3. The molecule has 0 bridgehead atoms. The summed E-state index contributed by atoms with van der Waals surface area (Å²) in [6.07, 6.45) is 0.995. The van der Waals surface area contributed by atoms with Crippen molar-refractivity contribution >= 4 is 0 Å². The lowest BCUT2D eigenvalue weighted by atomic mass is 10.3. The molecule has 0 saturated carbocycles. The number of para-hydroxylation sites is 2. The van der Waals surface area contributed by atoms with Crippen LogP contribution in [-0.2, 0) is 4.74 Å². The highest BCUT2D eigenvalue weighted by Crippen LogP contribution is 2.25. The Morgan fingerprint density at radius 2 is 1.52 bits per heavy atom. The van der Waals surface area contributed by atoms with E-state index in [-0.39, 0.29) is 6.23 Å². The lowest BCUT2D eigenvalue weighted by molar-refractivity contribution is -0.0734. The lowest BCUT2D eigenvalue weighted by Gasteiger charge is -2.33. The third-order valence-electron chi connectivity index (χ3n) is 4.45. The van der Waals surface area contributed by atoms with E-state index in [1.54, 1.807) is 7.11 Å². The van der Waals surface area contributed by atoms with Gasteiger partial charge in [-0.25, -0.2) is 0 Å². The fourth-order valence-corrected chi connectivity index (χ4v) is 2.81.